The molecule has 0 saturated carbocycles. The lowest BCUT2D eigenvalue weighted by molar-refractivity contribution is 0.0461. The number of carbonyl (C=O) groups excluding carboxylic acids is 2. The number of rotatable bonds is 5. The number of hydrogen-bond acceptors (Lipinski definition) is 5. The predicted molar refractivity (Wildman–Crippen MR) is 114 cm³/mol. The van der Waals surface area contributed by atoms with E-state index in [0.717, 1.165) is 6.07 Å². The van der Waals surface area contributed by atoms with E-state index in [-0.39, 0.29) is 28.8 Å². The molecule has 0 spiro atoms. The molecule has 2 amide bonds. The Morgan fingerprint density at radius 1 is 1.22 bits per heavy atom. The Bertz CT molecular complexity index is 1030. The molecule has 10 heteroatoms. The van der Waals surface area contributed by atoms with Crippen molar-refractivity contribution in [3.8, 4) is 0 Å². The standard InChI is InChI=1S/C22H22ClF2N3O4/c23-16-9-12(1-4-17(16)24)27-21(29)15-2-5-18(25)20-14(15)3-6-19(20)28-22(30)32-11-13-10-31-8-7-26-13/h1-2,4-5,9,13,19,26H,3,6-8,10-11H2,(H,27,29)(H,28,30)/t13-,19+/m1/s1. The third kappa shape index (κ3) is 5.01. The summed E-state index contributed by atoms with van der Waals surface area (Å²) < 4.78 is 38.5. The summed E-state index contributed by atoms with van der Waals surface area (Å²) in [4.78, 5) is 25.0. The zero-order valence-corrected chi connectivity index (χ0v) is 17.8. The fourth-order valence-electron chi connectivity index (χ4n) is 3.93. The van der Waals surface area contributed by atoms with Crippen LogP contribution in [0.15, 0.2) is 30.3 Å². The highest BCUT2D eigenvalue weighted by atomic mass is 35.5. The highest BCUT2D eigenvalue weighted by molar-refractivity contribution is 6.31. The molecule has 2 atom stereocenters. The number of ether oxygens (including phenoxy) is 2. The van der Waals surface area contributed by atoms with Gasteiger partial charge in [-0.1, -0.05) is 11.6 Å². The van der Waals surface area contributed by atoms with Crippen molar-refractivity contribution in [3.63, 3.8) is 0 Å². The maximum Gasteiger partial charge on any atom is 0.407 e. The van der Waals surface area contributed by atoms with Crippen LogP contribution in [0.3, 0.4) is 0 Å². The van der Waals surface area contributed by atoms with Gasteiger partial charge in [0.05, 0.1) is 30.3 Å². The van der Waals surface area contributed by atoms with Crippen molar-refractivity contribution in [1.29, 1.82) is 0 Å². The average Bonchev–Trinajstić information content (AvgIpc) is 3.20. The van der Waals surface area contributed by atoms with Crippen LogP contribution in [-0.4, -0.2) is 44.4 Å². The van der Waals surface area contributed by atoms with Crippen molar-refractivity contribution >= 4 is 29.3 Å². The van der Waals surface area contributed by atoms with Gasteiger partial charge in [-0.25, -0.2) is 13.6 Å². The molecule has 3 N–H and O–H groups in total. The summed E-state index contributed by atoms with van der Waals surface area (Å²) in [5.74, 6) is -1.58. The summed E-state index contributed by atoms with van der Waals surface area (Å²) in [7, 11) is 0. The minimum Gasteiger partial charge on any atom is -0.448 e. The van der Waals surface area contributed by atoms with Gasteiger partial charge in [0, 0.05) is 23.4 Å². The summed E-state index contributed by atoms with van der Waals surface area (Å²) in [5, 5.41) is 8.38. The van der Waals surface area contributed by atoms with Crippen LogP contribution in [0.4, 0.5) is 19.3 Å². The van der Waals surface area contributed by atoms with Crippen LogP contribution in [-0.2, 0) is 15.9 Å². The Labute approximate surface area is 188 Å². The molecular formula is C22H22ClF2N3O4. The quantitative estimate of drug-likeness (QED) is 0.628. The van der Waals surface area contributed by atoms with Crippen molar-refractivity contribution in [2.45, 2.75) is 24.9 Å². The van der Waals surface area contributed by atoms with E-state index in [1.165, 1.54) is 24.3 Å². The molecule has 1 fully saturated rings. The van der Waals surface area contributed by atoms with Gasteiger partial charge in [0.25, 0.3) is 5.91 Å². The Kier molecular flexibility index (Phi) is 6.88. The molecule has 2 aliphatic rings. The second-order valence-electron chi connectivity index (χ2n) is 7.63. The zero-order valence-electron chi connectivity index (χ0n) is 17.1. The zero-order chi connectivity index (χ0) is 22.7. The van der Waals surface area contributed by atoms with Gasteiger partial charge in [-0.15, -0.1) is 0 Å². The monoisotopic (exact) mass is 465 g/mol. The molecule has 0 bridgehead atoms. The van der Waals surface area contributed by atoms with Crippen LogP contribution in [0.1, 0.15) is 33.9 Å². The molecule has 7 nitrogen and oxygen atoms in total. The number of morpholine rings is 1. The van der Waals surface area contributed by atoms with Gasteiger partial charge in [0.1, 0.15) is 18.2 Å². The summed E-state index contributed by atoms with van der Waals surface area (Å²) in [6, 6.07) is 5.72. The van der Waals surface area contributed by atoms with E-state index >= 15 is 0 Å². The first-order valence-electron chi connectivity index (χ1n) is 10.2. The second-order valence-corrected chi connectivity index (χ2v) is 8.04. The normalized spacial score (nSPS) is 19.8. The maximum atomic E-state index is 14.6. The van der Waals surface area contributed by atoms with Gasteiger partial charge in [0.2, 0.25) is 0 Å². The first-order valence-corrected chi connectivity index (χ1v) is 10.6. The molecule has 170 valence electrons. The number of anilines is 1. The van der Waals surface area contributed by atoms with Gasteiger partial charge in [-0.2, -0.15) is 0 Å². The lowest BCUT2D eigenvalue weighted by atomic mass is 10.0. The smallest absolute Gasteiger partial charge is 0.407 e. The Hall–Kier alpha value is -2.75. The Morgan fingerprint density at radius 3 is 2.78 bits per heavy atom. The van der Waals surface area contributed by atoms with E-state index in [9.17, 15) is 18.4 Å². The first-order chi connectivity index (χ1) is 15.4. The number of nitrogens with one attached hydrogen (secondary N) is 3. The number of alkyl carbamates (subject to hydrolysis) is 1. The number of hydrogen-bond donors (Lipinski definition) is 3. The van der Waals surface area contributed by atoms with E-state index in [1.807, 2.05) is 0 Å². The van der Waals surface area contributed by atoms with Crippen molar-refractivity contribution in [2.24, 2.45) is 0 Å². The van der Waals surface area contributed by atoms with Gasteiger partial charge in [-0.05, 0) is 48.7 Å². The summed E-state index contributed by atoms with van der Waals surface area (Å²) in [5.41, 5.74) is 1.38. The lowest BCUT2D eigenvalue weighted by Gasteiger charge is -2.24. The molecule has 2 aromatic carbocycles. The molecule has 1 heterocycles. The van der Waals surface area contributed by atoms with Crippen molar-refractivity contribution in [1.82, 2.24) is 10.6 Å². The molecule has 0 aromatic heterocycles. The third-order valence-electron chi connectivity index (χ3n) is 5.46. The summed E-state index contributed by atoms with van der Waals surface area (Å²) in [6.45, 7) is 1.89. The van der Waals surface area contributed by atoms with Crippen LogP contribution in [0.25, 0.3) is 0 Å². The van der Waals surface area contributed by atoms with Crippen molar-refractivity contribution in [3.05, 3.63) is 63.7 Å². The summed E-state index contributed by atoms with van der Waals surface area (Å²) >= 11 is 5.76. The van der Waals surface area contributed by atoms with Gasteiger partial charge in [-0.3, -0.25) is 4.79 Å². The van der Waals surface area contributed by atoms with Gasteiger partial charge >= 0.3 is 6.09 Å². The van der Waals surface area contributed by atoms with E-state index in [0.29, 0.717) is 43.9 Å². The van der Waals surface area contributed by atoms with Crippen LogP contribution in [0.2, 0.25) is 5.02 Å². The highest BCUT2D eigenvalue weighted by Crippen LogP contribution is 2.36. The number of carbonyl (C=O) groups is 2. The SMILES string of the molecule is O=C(N[C@H]1CCc2c(C(=O)Nc3ccc(F)c(Cl)c3)ccc(F)c21)OC[C@H]1COCCN1. The number of benzene rings is 2. The molecule has 1 saturated heterocycles. The van der Waals surface area contributed by atoms with E-state index < -0.39 is 29.7 Å². The Morgan fingerprint density at radius 2 is 2.03 bits per heavy atom. The van der Waals surface area contributed by atoms with E-state index in [4.69, 9.17) is 21.1 Å². The van der Waals surface area contributed by atoms with Gasteiger partial charge in [0.15, 0.2) is 0 Å². The molecular weight excluding hydrogens is 444 g/mol. The topological polar surface area (TPSA) is 88.7 Å². The second kappa shape index (κ2) is 9.81. The van der Waals surface area contributed by atoms with Crippen LogP contribution >= 0.6 is 11.6 Å². The fraction of sp³-hybridized carbons (Fsp3) is 0.364. The van der Waals surface area contributed by atoms with Crippen LogP contribution in [0, 0.1) is 11.6 Å². The molecule has 32 heavy (non-hydrogen) atoms. The van der Waals surface area contributed by atoms with Crippen LogP contribution < -0.4 is 16.0 Å². The van der Waals surface area contributed by atoms with E-state index in [1.54, 1.807) is 0 Å². The average molecular weight is 466 g/mol. The highest BCUT2D eigenvalue weighted by Gasteiger charge is 2.31. The molecule has 4 rings (SSSR count). The number of amides is 2. The molecule has 1 aliphatic carbocycles. The fourth-order valence-corrected chi connectivity index (χ4v) is 4.11. The minimum absolute atomic E-state index is 0.0858. The summed E-state index contributed by atoms with van der Waals surface area (Å²) in [6.07, 6.45) is 0.173. The third-order valence-corrected chi connectivity index (χ3v) is 5.75. The predicted octanol–water partition coefficient (Wildman–Crippen LogP) is 3.57. The Balaban J connectivity index is 1.44. The molecule has 0 unspecified atom stereocenters. The van der Waals surface area contributed by atoms with Crippen molar-refractivity contribution in [2.75, 3.05) is 31.7 Å². The molecule has 1 aliphatic heterocycles. The van der Waals surface area contributed by atoms with Crippen LogP contribution in [0.5, 0.6) is 0 Å². The molecule has 2 aromatic rings. The van der Waals surface area contributed by atoms with Gasteiger partial charge < -0.3 is 25.4 Å². The van der Waals surface area contributed by atoms with Crippen molar-refractivity contribution < 1.29 is 27.8 Å². The number of fused-ring (bicyclic) bond motifs is 1. The van der Waals surface area contributed by atoms with E-state index in [2.05, 4.69) is 16.0 Å². The first kappa shape index (κ1) is 22.4. The minimum atomic E-state index is -0.662. The number of halogens is 3. The maximum absolute atomic E-state index is 14.6. The largest absolute Gasteiger partial charge is 0.448 e. The molecule has 0 radical (unpaired) electrons. The lowest BCUT2D eigenvalue weighted by Crippen LogP contribution is -2.45.